The number of thioether (sulfide) groups is 1. The molecular weight excluding hydrogens is 472 g/mol. The van der Waals surface area contributed by atoms with Gasteiger partial charge in [0.25, 0.3) is 15.6 Å². The minimum absolute atomic E-state index is 0.114. The Morgan fingerprint density at radius 3 is 2.69 bits per heavy atom. The number of hydrogen-bond acceptors (Lipinski definition) is 9. The predicted octanol–water partition coefficient (Wildman–Crippen LogP) is 2.53. The van der Waals surface area contributed by atoms with Crippen molar-refractivity contribution in [1.29, 1.82) is 0 Å². The first-order valence-electron chi connectivity index (χ1n) is 9.61. The van der Waals surface area contributed by atoms with E-state index in [2.05, 4.69) is 20.3 Å². The van der Waals surface area contributed by atoms with Crippen LogP contribution in [0.1, 0.15) is 19.8 Å². The summed E-state index contributed by atoms with van der Waals surface area (Å²) < 4.78 is 27.4. The number of aromatic nitrogens is 3. The highest BCUT2D eigenvalue weighted by atomic mass is 32.2. The fourth-order valence-corrected chi connectivity index (χ4v) is 5.92. The number of rotatable bonds is 10. The summed E-state index contributed by atoms with van der Waals surface area (Å²) in [5.74, 6) is 0.239. The van der Waals surface area contributed by atoms with Crippen molar-refractivity contribution in [2.24, 2.45) is 0 Å². The van der Waals surface area contributed by atoms with Gasteiger partial charge in [0.2, 0.25) is 5.91 Å². The maximum Gasteiger partial charge on any atom is 0.266 e. The van der Waals surface area contributed by atoms with Gasteiger partial charge in [0.1, 0.15) is 5.82 Å². The molecule has 2 heterocycles. The van der Waals surface area contributed by atoms with Crippen LogP contribution in [0.4, 0.5) is 16.6 Å². The molecule has 3 aromatic rings. The summed E-state index contributed by atoms with van der Waals surface area (Å²) in [4.78, 5) is 34.3. The molecule has 0 radical (unpaired) electrons. The van der Waals surface area contributed by atoms with Gasteiger partial charge in [0.05, 0.1) is 4.90 Å². The lowest BCUT2D eigenvalue weighted by Gasteiger charge is -2.21. The molecule has 2 aromatic heterocycles. The van der Waals surface area contributed by atoms with Gasteiger partial charge in [-0.05, 0) is 30.7 Å². The van der Waals surface area contributed by atoms with Gasteiger partial charge >= 0.3 is 0 Å². The van der Waals surface area contributed by atoms with Crippen LogP contribution in [0.25, 0.3) is 0 Å². The van der Waals surface area contributed by atoms with Crippen molar-refractivity contribution in [2.75, 3.05) is 27.7 Å². The highest BCUT2D eigenvalue weighted by Crippen LogP contribution is 2.26. The zero-order chi connectivity index (χ0) is 23.1. The van der Waals surface area contributed by atoms with E-state index in [-0.39, 0.29) is 28.6 Å². The standard InChI is InChI=1S/C19H22N6O4S3/c1-2-9-25(19-21-8-11-31-19)32(28,29)14-5-3-13(4-6-14)22-16(26)7-10-30-18-23-15(20)12-17(27)24-18/h3-6,8,11-12H,2,7,9-10H2,1H3,(H,22,26)(H3,20,23,24,27). The number of benzene rings is 1. The van der Waals surface area contributed by atoms with Crippen molar-refractivity contribution in [1.82, 2.24) is 15.0 Å². The normalized spacial score (nSPS) is 11.3. The molecular formula is C19H22N6O4S3. The molecule has 0 spiro atoms. The lowest BCUT2D eigenvalue weighted by atomic mass is 10.3. The number of nitrogens with zero attached hydrogens (tertiary/aromatic N) is 3. The minimum atomic E-state index is -3.76. The molecule has 3 rings (SSSR count). The number of anilines is 3. The van der Waals surface area contributed by atoms with Gasteiger partial charge in [0, 0.05) is 42.0 Å². The summed E-state index contributed by atoms with van der Waals surface area (Å²) in [6.07, 6.45) is 2.37. The van der Waals surface area contributed by atoms with Gasteiger partial charge in [-0.1, -0.05) is 18.7 Å². The maximum atomic E-state index is 13.0. The van der Waals surface area contributed by atoms with Crippen molar-refractivity contribution < 1.29 is 13.2 Å². The van der Waals surface area contributed by atoms with E-state index in [1.165, 1.54) is 45.6 Å². The average Bonchev–Trinajstić information content (AvgIpc) is 3.26. The Kier molecular flexibility index (Phi) is 7.88. The number of amides is 1. The van der Waals surface area contributed by atoms with Crippen LogP contribution in [0.15, 0.2) is 56.8 Å². The molecule has 1 aromatic carbocycles. The number of nitrogens with one attached hydrogen (secondary N) is 2. The fourth-order valence-electron chi connectivity index (χ4n) is 2.68. The highest BCUT2D eigenvalue weighted by molar-refractivity contribution is 7.99. The van der Waals surface area contributed by atoms with Crippen LogP contribution in [-0.4, -0.2) is 41.6 Å². The largest absolute Gasteiger partial charge is 0.383 e. The van der Waals surface area contributed by atoms with Crippen LogP contribution in [0.2, 0.25) is 0 Å². The van der Waals surface area contributed by atoms with Gasteiger partial charge < -0.3 is 16.0 Å². The van der Waals surface area contributed by atoms with Crippen LogP contribution < -0.4 is 20.9 Å². The van der Waals surface area contributed by atoms with Crippen molar-refractivity contribution in [3.63, 3.8) is 0 Å². The van der Waals surface area contributed by atoms with Crippen LogP contribution in [0.5, 0.6) is 0 Å². The molecule has 0 aliphatic heterocycles. The Labute approximate surface area is 193 Å². The number of nitrogens with two attached hydrogens (primary N) is 1. The Hall–Kier alpha value is -2.90. The van der Waals surface area contributed by atoms with Crippen LogP contribution >= 0.6 is 23.1 Å². The number of nitrogen functional groups attached to an aromatic ring is 1. The van der Waals surface area contributed by atoms with E-state index in [0.717, 1.165) is 0 Å². The Balaban J connectivity index is 1.60. The number of H-pyrrole nitrogens is 1. The van der Waals surface area contributed by atoms with E-state index in [9.17, 15) is 18.0 Å². The second-order valence-electron chi connectivity index (χ2n) is 6.54. The van der Waals surface area contributed by atoms with Crippen molar-refractivity contribution in [2.45, 2.75) is 29.8 Å². The number of thiazole rings is 1. The van der Waals surface area contributed by atoms with Crippen molar-refractivity contribution >= 4 is 55.7 Å². The number of hydrogen-bond donors (Lipinski definition) is 3. The average molecular weight is 495 g/mol. The molecule has 0 fully saturated rings. The summed E-state index contributed by atoms with van der Waals surface area (Å²) in [5, 5.41) is 5.21. The maximum absolute atomic E-state index is 13.0. The number of carbonyl (C=O) groups excluding carboxylic acids is 1. The lowest BCUT2D eigenvalue weighted by Crippen LogP contribution is -2.31. The molecule has 4 N–H and O–H groups in total. The van der Waals surface area contributed by atoms with Crippen molar-refractivity contribution in [3.8, 4) is 0 Å². The van der Waals surface area contributed by atoms with Gasteiger partial charge in [-0.2, -0.15) is 0 Å². The number of carbonyl (C=O) groups is 1. The molecule has 0 unspecified atom stereocenters. The molecule has 0 aliphatic rings. The summed E-state index contributed by atoms with van der Waals surface area (Å²) in [7, 11) is -3.76. The quantitative estimate of drug-likeness (QED) is 0.287. The third kappa shape index (κ3) is 6.08. The molecule has 10 nitrogen and oxygen atoms in total. The predicted molar refractivity (Wildman–Crippen MR) is 127 cm³/mol. The Bertz CT molecular complexity index is 1210. The lowest BCUT2D eigenvalue weighted by molar-refractivity contribution is -0.115. The molecule has 1 amide bonds. The molecule has 13 heteroatoms. The summed E-state index contributed by atoms with van der Waals surface area (Å²) in [6.45, 7) is 2.21. The van der Waals surface area contributed by atoms with E-state index in [0.29, 0.717) is 34.7 Å². The third-order valence-electron chi connectivity index (χ3n) is 4.09. The third-order valence-corrected chi connectivity index (χ3v) is 7.68. The van der Waals surface area contributed by atoms with Crippen LogP contribution in [0, 0.1) is 0 Å². The second kappa shape index (κ2) is 10.6. The zero-order valence-electron chi connectivity index (χ0n) is 17.1. The molecule has 0 saturated heterocycles. The van der Waals surface area contributed by atoms with E-state index in [1.807, 2.05) is 6.92 Å². The summed E-state index contributed by atoms with van der Waals surface area (Å²) in [5.41, 5.74) is 5.65. The molecule has 170 valence electrons. The fraction of sp³-hybridized carbons (Fsp3) is 0.263. The Morgan fingerprint density at radius 2 is 2.06 bits per heavy atom. The first-order valence-corrected chi connectivity index (χ1v) is 12.9. The summed E-state index contributed by atoms with van der Waals surface area (Å²) in [6, 6.07) is 7.18. The van der Waals surface area contributed by atoms with E-state index in [1.54, 1.807) is 23.7 Å². The van der Waals surface area contributed by atoms with Gasteiger partial charge in [-0.3, -0.25) is 9.59 Å². The minimum Gasteiger partial charge on any atom is -0.383 e. The topological polar surface area (TPSA) is 151 Å². The molecule has 0 atom stereocenters. The second-order valence-corrected chi connectivity index (χ2v) is 10.4. The number of aromatic amines is 1. The monoisotopic (exact) mass is 494 g/mol. The molecule has 0 bridgehead atoms. The first kappa shape index (κ1) is 23.8. The Morgan fingerprint density at radius 1 is 1.31 bits per heavy atom. The van der Waals surface area contributed by atoms with Gasteiger partial charge in [0.15, 0.2) is 10.3 Å². The van der Waals surface area contributed by atoms with Gasteiger partial charge in [-0.15, -0.1) is 11.3 Å². The first-order chi connectivity index (χ1) is 15.3. The summed E-state index contributed by atoms with van der Waals surface area (Å²) >= 11 is 2.46. The van der Waals surface area contributed by atoms with Crippen LogP contribution in [0.3, 0.4) is 0 Å². The number of sulfonamides is 1. The zero-order valence-corrected chi connectivity index (χ0v) is 19.6. The highest BCUT2D eigenvalue weighted by Gasteiger charge is 2.26. The van der Waals surface area contributed by atoms with Crippen molar-refractivity contribution in [3.05, 3.63) is 52.3 Å². The molecule has 0 saturated carbocycles. The van der Waals surface area contributed by atoms with E-state index in [4.69, 9.17) is 5.73 Å². The van der Waals surface area contributed by atoms with E-state index < -0.39 is 10.0 Å². The SMILES string of the molecule is CCCN(c1nccs1)S(=O)(=O)c1ccc(NC(=O)CCSc2nc(N)cc(=O)[nH]2)cc1. The van der Waals surface area contributed by atoms with E-state index >= 15 is 0 Å². The molecule has 0 aliphatic carbocycles. The molecule has 32 heavy (non-hydrogen) atoms. The van der Waals surface area contributed by atoms with Crippen LogP contribution in [-0.2, 0) is 14.8 Å². The van der Waals surface area contributed by atoms with Gasteiger partial charge in [-0.25, -0.2) is 22.7 Å². The smallest absolute Gasteiger partial charge is 0.266 e.